The summed E-state index contributed by atoms with van der Waals surface area (Å²) in [6.45, 7) is 3.92. The Balaban J connectivity index is 1.46. The Bertz CT molecular complexity index is 1110. The lowest BCUT2D eigenvalue weighted by Gasteiger charge is -2.26. The van der Waals surface area contributed by atoms with Crippen molar-refractivity contribution in [1.29, 1.82) is 0 Å². The van der Waals surface area contributed by atoms with Gasteiger partial charge in [-0.15, -0.1) is 0 Å². The van der Waals surface area contributed by atoms with Gasteiger partial charge in [-0.25, -0.2) is 0 Å². The number of hydrogen-bond donors (Lipinski definition) is 3. The van der Waals surface area contributed by atoms with Crippen LogP contribution >= 0.6 is 0 Å². The highest BCUT2D eigenvalue weighted by atomic mass is 16.6. The van der Waals surface area contributed by atoms with Gasteiger partial charge in [0.1, 0.15) is 11.4 Å². The number of ketones is 2. The summed E-state index contributed by atoms with van der Waals surface area (Å²) in [5.41, 5.74) is -0.0234. The first-order valence-electron chi connectivity index (χ1n) is 14.3. The highest BCUT2D eigenvalue weighted by Crippen LogP contribution is 2.34. The zero-order valence-electron chi connectivity index (χ0n) is 23.6. The number of nitrogens with one attached hydrogen (secondary N) is 3. The van der Waals surface area contributed by atoms with Crippen molar-refractivity contribution in [2.24, 2.45) is 17.8 Å². The first-order valence-corrected chi connectivity index (χ1v) is 14.3. The molecular weight excluding hydrogens is 514 g/mol. The van der Waals surface area contributed by atoms with Gasteiger partial charge < -0.3 is 25.4 Å². The molecule has 1 aromatic rings. The molecule has 0 radical (unpaired) electrons. The van der Waals surface area contributed by atoms with E-state index in [1.165, 1.54) is 0 Å². The molecule has 1 aliphatic carbocycles. The van der Waals surface area contributed by atoms with E-state index in [0.29, 0.717) is 24.7 Å². The summed E-state index contributed by atoms with van der Waals surface area (Å²) in [5, 5.41) is 8.31. The van der Waals surface area contributed by atoms with Crippen molar-refractivity contribution in [2.75, 3.05) is 20.3 Å². The summed E-state index contributed by atoms with van der Waals surface area (Å²) in [4.78, 5) is 64.3. The molecule has 0 unspecified atom stereocenters. The molecule has 3 amide bonds. The summed E-state index contributed by atoms with van der Waals surface area (Å²) < 4.78 is 10.6. The molecule has 10 heteroatoms. The van der Waals surface area contributed by atoms with Gasteiger partial charge in [-0.3, -0.25) is 24.0 Å². The summed E-state index contributed by atoms with van der Waals surface area (Å²) in [7, 11) is 1.57. The number of methoxy groups -OCH3 is 1. The molecule has 1 saturated carbocycles. The van der Waals surface area contributed by atoms with Crippen molar-refractivity contribution >= 4 is 29.3 Å². The fourth-order valence-corrected chi connectivity index (χ4v) is 5.65. The Hall–Kier alpha value is -3.27. The second-order valence-corrected chi connectivity index (χ2v) is 11.7. The van der Waals surface area contributed by atoms with Crippen LogP contribution in [0.2, 0.25) is 0 Å². The molecule has 2 saturated heterocycles. The second kappa shape index (κ2) is 12.9. The van der Waals surface area contributed by atoms with Crippen LogP contribution in [0.1, 0.15) is 64.4 Å². The Kier molecular flexibility index (Phi) is 9.60. The molecule has 218 valence electrons. The molecule has 4 rings (SSSR count). The van der Waals surface area contributed by atoms with Crippen molar-refractivity contribution < 1.29 is 33.4 Å². The number of carbonyl (C=O) groups excluding carboxylic acids is 5. The van der Waals surface area contributed by atoms with E-state index in [0.717, 1.165) is 31.2 Å². The van der Waals surface area contributed by atoms with Crippen LogP contribution in [0.25, 0.3) is 0 Å². The minimum absolute atomic E-state index is 0.0916. The van der Waals surface area contributed by atoms with Crippen LogP contribution in [0.15, 0.2) is 24.3 Å². The van der Waals surface area contributed by atoms with E-state index >= 15 is 0 Å². The highest BCUT2D eigenvalue weighted by molar-refractivity contribution is 5.98. The van der Waals surface area contributed by atoms with Gasteiger partial charge in [-0.05, 0) is 50.3 Å². The first-order chi connectivity index (χ1) is 19.1. The van der Waals surface area contributed by atoms with Crippen LogP contribution in [0, 0.1) is 17.8 Å². The van der Waals surface area contributed by atoms with Gasteiger partial charge in [0.15, 0.2) is 11.6 Å². The van der Waals surface area contributed by atoms with E-state index in [9.17, 15) is 24.0 Å². The number of carbonyl (C=O) groups is 5. The summed E-state index contributed by atoms with van der Waals surface area (Å²) in [6.07, 6.45) is 5.13. The molecule has 40 heavy (non-hydrogen) atoms. The fraction of sp³-hybridized carbons (Fsp3) is 0.633. The maximum atomic E-state index is 13.7. The number of rotatable bonds is 14. The standard InChI is InChI=1S/C30H41N3O7/c1-18(32-29(38)22-15-26(35)31-16-22)25(34)14-21(12-20-8-10-23(39-3)11-9-20)28(37)33-24(13-19-6-4-5-7-19)27(36)30(2)17-40-30/h8-11,18-19,21-22,24H,4-7,12-17H2,1-3H3,(H,31,35)(H,32,38)(H,33,37)/t18-,21-,22+,24+,30-/m1/s1. The number of epoxide rings is 1. The van der Waals surface area contributed by atoms with Crippen LogP contribution in [-0.2, 0) is 35.1 Å². The van der Waals surface area contributed by atoms with Crippen molar-refractivity contribution in [3.63, 3.8) is 0 Å². The van der Waals surface area contributed by atoms with Crippen LogP contribution in [0.4, 0.5) is 0 Å². The summed E-state index contributed by atoms with van der Waals surface area (Å²) in [5.74, 6) is -1.57. The first kappa shape index (κ1) is 29.7. The molecule has 2 aliphatic heterocycles. The molecule has 1 aromatic carbocycles. The largest absolute Gasteiger partial charge is 0.497 e. The van der Waals surface area contributed by atoms with Gasteiger partial charge in [0, 0.05) is 25.3 Å². The van der Waals surface area contributed by atoms with Gasteiger partial charge in [-0.1, -0.05) is 37.8 Å². The zero-order chi connectivity index (χ0) is 28.9. The predicted octanol–water partition coefficient (Wildman–Crippen LogP) is 1.88. The lowest BCUT2D eigenvalue weighted by Crippen LogP contribution is -2.50. The average Bonchev–Trinajstić information content (AvgIpc) is 3.28. The molecule has 0 aromatic heterocycles. The van der Waals surface area contributed by atoms with Crippen LogP contribution in [0.5, 0.6) is 5.75 Å². The SMILES string of the molecule is COc1ccc(C[C@H](CC(=O)[C@@H](C)NC(=O)[C@@H]2CNC(=O)C2)C(=O)N[C@@H](CC2CCCC2)C(=O)[C@@]2(C)CO2)cc1. The fourth-order valence-electron chi connectivity index (χ4n) is 5.65. The van der Waals surface area contributed by atoms with Crippen molar-refractivity contribution in [3.05, 3.63) is 29.8 Å². The maximum Gasteiger partial charge on any atom is 0.225 e. The number of benzene rings is 1. The lowest BCUT2D eigenvalue weighted by molar-refractivity contribution is -0.135. The van der Waals surface area contributed by atoms with Gasteiger partial charge >= 0.3 is 0 Å². The Morgan fingerprint density at radius 2 is 1.80 bits per heavy atom. The smallest absolute Gasteiger partial charge is 0.225 e. The minimum atomic E-state index is -0.868. The van der Waals surface area contributed by atoms with Gasteiger partial charge in [0.25, 0.3) is 0 Å². The molecule has 3 aliphatic rings. The molecule has 5 atom stereocenters. The van der Waals surface area contributed by atoms with E-state index in [1.807, 2.05) is 12.1 Å². The molecule has 10 nitrogen and oxygen atoms in total. The third-order valence-electron chi connectivity index (χ3n) is 8.42. The topological polar surface area (TPSA) is 143 Å². The summed E-state index contributed by atoms with van der Waals surface area (Å²) >= 11 is 0. The number of hydrogen-bond acceptors (Lipinski definition) is 7. The number of ether oxygens (including phenoxy) is 2. The van der Waals surface area contributed by atoms with Gasteiger partial charge in [0.2, 0.25) is 17.7 Å². The van der Waals surface area contributed by atoms with Crippen molar-refractivity contribution in [1.82, 2.24) is 16.0 Å². The van der Waals surface area contributed by atoms with E-state index in [4.69, 9.17) is 9.47 Å². The van der Waals surface area contributed by atoms with Crippen molar-refractivity contribution in [2.45, 2.75) is 82.9 Å². The van der Waals surface area contributed by atoms with Crippen LogP contribution < -0.4 is 20.7 Å². The number of Topliss-reactive ketones (excluding diaryl/α,β-unsaturated/α-hetero) is 2. The minimum Gasteiger partial charge on any atom is -0.497 e. The van der Waals surface area contributed by atoms with Gasteiger partial charge in [-0.2, -0.15) is 0 Å². The molecule has 0 bridgehead atoms. The quantitative estimate of drug-likeness (QED) is 0.298. The molecule has 2 heterocycles. The third-order valence-corrected chi connectivity index (χ3v) is 8.42. The van der Waals surface area contributed by atoms with Crippen LogP contribution in [-0.4, -0.2) is 67.2 Å². The van der Waals surface area contributed by atoms with E-state index in [-0.39, 0.29) is 55.1 Å². The van der Waals surface area contributed by atoms with E-state index < -0.39 is 29.5 Å². The molecule has 0 spiro atoms. The Labute approximate surface area is 235 Å². The Morgan fingerprint density at radius 3 is 2.38 bits per heavy atom. The predicted molar refractivity (Wildman–Crippen MR) is 146 cm³/mol. The van der Waals surface area contributed by atoms with Crippen LogP contribution in [0.3, 0.4) is 0 Å². The highest BCUT2D eigenvalue weighted by Gasteiger charge is 2.50. The maximum absolute atomic E-state index is 13.7. The normalized spacial score (nSPS) is 24.5. The Morgan fingerprint density at radius 1 is 1.12 bits per heavy atom. The summed E-state index contributed by atoms with van der Waals surface area (Å²) in [6, 6.07) is 5.77. The van der Waals surface area contributed by atoms with Crippen molar-refractivity contribution in [3.8, 4) is 5.75 Å². The average molecular weight is 556 g/mol. The molecule has 3 N–H and O–H groups in total. The zero-order valence-corrected chi connectivity index (χ0v) is 23.6. The van der Waals surface area contributed by atoms with E-state index in [1.54, 1.807) is 33.1 Å². The molecular formula is C30H41N3O7. The second-order valence-electron chi connectivity index (χ2n) is 11.7. The number of amides is 3. The lowest BCUT2D eigenvalue weighted by atomic mass is 9.88. The van der Waals surface area contributed by atoms with Gasteiger partial charge in [0.05, 0.1) is 31.7 Å². The molecule has 3 fully saturated rings. The van der Waals surface area contributed by atoms with E-state index in [2.05, 4.69) is 16.0 Å². The third kappa shape index (κ3) is 7.68. The monoisotopic (exact) mass is 555 g/mol.